The number of esters is 2. The summed E-state index contributed by atoms with van der Waals surface area (Å²) in [5.74, 6) is -0.767. The molecule has 6 heteroatoms. The van der Waals surface area contributed by atoms with Crippen molar-refractivity contribution >= 4 is 17.7 Å². The molecule has 0 amide bonds. The first-order chi connectivity index (χ1) is 12.4. The number of Topliss-reactive ketones (excluding diaryl/α,β-unsaturated/α-hetero) is 1. The maximum absolute atomic E-state index is 12.5. The van der Waals surface area contributed by atoms with Crippen LogP contribution in [0.1, 0.15) is 51.2 Å². The van der Waals surface area contributed by atoms with E-state index in [9.17, 15) is 14.4 Å². The summed E-state index contributed by atoms with van der Waals surface area (Å²) in [4.78, 5) is 37.0. The van der Waals surface area contributed by atoms with Gasteiger partial charge in [0.25, 0.3) is 0 Å². The van der Waals surface area contributed by atoms with Crippen molar-refractivity contribution in [2.75, 3.05) is 0 Å². The van der Waals surface area contributed by atoms with Crippen LogP contribution >= 0.6 is 0 Å². The topological polar surface area (TPSA) is 82.8 Å². The quantitative estimate of drug-likeness (QED) is 0.611. The zero-order chi connectivity index (χ0) is 18.5. The second kappa shape index (κ2) is 5.97. The van der Waals surface area contributed by atoms with Crippen LogP contribution in [0.4, 0.5) is 0 Å². The number of ether oxygens (including phenoxy) is 2. The zero-order valence-electron chi connectivity index (χ0n) is 14.7. The maximum atomic E-state index is 12.5. The lowest BCUT2D eigenvalue weighted by molar-refractivity contribution is -0.141. The third kappa shape index (κ3) is 2.43. The van der Waals surface area contributed by atoms with Gasteiger partial charge in [-0.2, -0.15) is 0 Å². The predicted molar refractivity (Wildman–Crippen MR) is 89.8 cm³/mol. The van der Waals surface area contributed by atoms with Gasteiger partial charge in [-0.15, -0.1) is 0 Å². The molecule has 0 N–H and O–H groups in total. The van der Waals surface area contributed by atoms with Crippen molar-refractivity contribution in [3.05, 3.63) is 47.0 Å². The summed E-state index contributed by atoms with van der Waals surface area (Å²) in [6.45, 7) is 3.61. The summed E-state index contributed by atoms with van der Waals surface area (Å²) in [6.07, 6.45) is 5.74. The fourth-order valence-electron chi connectivity index (χ4n) is 4.08. The zero-order valence-corrected chi connectivity index (χ0v) is 14.7. The molecule has 2 aliphatic heterocycles. The highest BCUT2D eigenvalue weighted by atomic mass is 16.6. The average Bonchev–Trinajstić information content (AvgIpc) is 3.30. The number of rotatable bonds is 3. The van der Waals surface area contributed by atoms with Gasteiger partial charge in [0.2, 0.25) is 0 Å². The van der Waals surface area contributed by atoms with Gasteiger partial charge in [0, 0.05) is 30.4 Å². The Labute approximate surface area is 150 Å². The van der Waals surface area contributed by atoms with Crippen LogP contribution in [0.5, 0.6) is 0 Å². The Morgan fingerprint density at radius 3 is 2.77 bits per heavy atom. The Hall–Kier alpha value is -2.63. The van der Waals surface area contributed by atoms with Crippen LogP contribution in [-0.2, 0) is 23.9 Å². The molecule has 4 rings (SSSR count). The van der Waals surface area contributed by atoms with Crippen molar-refractivity contribution in [3.63, 3.8) is 0 Å². The molecule has 3 aliphatic rings. The highest BCUT2D eigenvalue weighted by Gasteiger charge is 2.55. The molecular formula is C20H20O6. The number of hydrogen-bond acceptors (Lipinski definition) is 6. The number of allylic oxidation sites excluding steroid dienone is 1. The number of cyclic esters (lactones) is 2. The molecule has 1 aromatic heterocycles. The predicted octanol–water partition coefficient (Wildman–Crippen LogP) is 3.20. The van der Waals surface area contributed by atoms with Crippen LogP contribution in [0.2, 0.25) is 0 Å². The average molecular weight is 356 g/mol. The Bertz CT molecular complexity index is 844. The molecule has 6 nitrogen and oxygen atoms in total. The summed E-state index contributed by atoms with van der Waals surface area (Å²) in [5.41, 5.74) is 1.72. The molecule has 0 spiro atoms. The summed E-state index contributed by atoms with van der Waals surface area (Å²) < 4.78 is 16.0. The summed E-state index contributed by atoms with van der Waals surface area (Å²) in [7, 11) is 0. The molecule has 3 heterocycles. The second-order valence-electron chi connectivity index (χ2n) is 7.29. The van der Waals surface area contributed by atoms with E-state index in [0.29, 0.717) is 36.8 Å². The molecule has 26 heavy (non-hydrogen) atoms. The Morgan fingerprint density at radius 2 is 2.04 bits per heavy atom. The Balaban J connectivity index is 1.59. The van der Waals surface area contributed by atoms with Gasteiger partial charge >= 0.3 is 11.9 Å². The van der Waals surface area contributed by atoms with E-state index in [1.807, 2.05) is 13.0 Å². The van der Waals surface area contributed by atoms with Crippen molar-refractivity contribution in [2.24, 2.45) is 5.41 Å². The van der Waals surface area contributed by atoms with Gasteiger partial charge in [0.15, 0.2) is 0 Å². The molecule has 3 atom stereocenters. The molecule has 0 bridgehead atoms. The highest BCUT2D eigenvalue weighted by molar-refractivity contribution is 6.05. The van der Waals surface area contributed by atoms with Gasteiger partial charge in [-0.1, -0.05) is 11.6 Å². The van der Waals surface area contributed by atoms with Gasteiger partial charge in [-0.05, 0) is 26.3 Å². The minimum Gasteiger partial charge on any atom is -0.472 e. The first-order valence-corrected chi connectivity index (χ1v) is 8.78. The van der Waals surface area contributed by atoms with Crippen molar-refractivity contribution in [3.8, 4) is 0 Å². The van der Waals surface area contributed by atoms with Crippen LogP contribution in [0.15, 0.2) is 45.8 Å². The number of carbonyl (C=O) groups excluding carboxylic acids is 3. The molecule has 2 fully saturated rings. The molecule has 0 aromatic carbocycles. The molecule has 1 aromatic rings. The third-order valence-corrected chi connectivity index (χ3v) is 5.78. The van der Waals surface area contributed by atoms with Gasteiger partial charge < -0.3 is 13.9 Å². The minimum absolute atomic E-state index is 0.0222. The van der Waals surface area contributed by atoms with Crippen molar-refractivity contribution in [1.82, 2.24) is 0 Å². The fraction of sp³-hybridized carbons (Fsp3) is 0.450. The molecular weight excluding hydrogens is 336 g/mol. The van der Waals surface area contributed by atoms with E-state index in [-0.39, 0.29) is 17.9 Å². The van der Waals surface area contributed by atoms with Gasteiger partial charge in [0.05, 0.1) is 23.5 Å². The minimum atomic E-state index is -0.927. The van der Waals surface area contributed by atoms with Gasteiger partial charge in [-0.25, -0.2) is 9.59 Å². The summed E-state index contributed by atoms with van der Waals surface area (Å²) >= 11 is 0. The molecule has 1 aliphatic carbocycles. The Kier molecular flexibility index (Phi) is 3.86. The number of hydrogen-bond donors (Lipinski definition) is 0. The summed E-state index contributed by atoms with van der Waals surface area (Å²) in [6, 6.07) is 1.77. The SMILES string of the molecule is C/C(C[C@H]1OC(=O)C2=CCCC(=O)[C@]21C)=C1\C[C@H](c2ccoc2)OC1=O. The van der Waals surface area contributed by atoms with E-state index in [1.54, 1.807) is 25.5 Å². The first kappa shape index (κ1) is 16.8. The smallest absolute Gasteiger partial charge is 0.335 e. The van der Waals surface area contributed by atoms with Crippen LogP contribution in [0.25, 0.3) is 0 Å². The number of fused-ring (bicyclic) bond motifs is 1. The largest absolute Gasteiger partial charge is 0.472 e. The monoisotopic (exact) mass is 356 g/mol. The van der Waals surface area contributed by atoms with E-state index in [4.69, 9.17) is 13.9 Å². The first-order valence-electron chi connectivity index (χ1n) is 8.78. The van der Waals surface area contributed by atoms with Crippen LogP contribution in [-0.4, -0.2) is 23.8 Å². The van der Waals surface area contributed by atoms with E-state index in [1.165, 1.54) is 0 Å². The van der Waals surface area contributed by atoms with Crippen LogP contribution in [0, 0.1) is 5.41 Å². The van der Waals surface area contributed by atoms with Crippen molar-refractivity contribution < 1.29 is 28.3 Å². The molecule has 0 unspecified atom stereocenters. The number of carbonyl (C=O) groups is 3. The molecule has 0 radical (unpaired) electrons. The van der Waals surface area contributed by atoms with Gasteiger partial charge in [0.1, 0.15) is 18.0 Å². The fourth-order valence-corrected chi connectivity index (χ4v) is 4.08. The molecule has 2 saturated heterocycles. The van der Waals surface area contributed by atoms with Crippen molar-refractivity contribution in [1.29, 1.82) is 0 Å². The number of ketones is 1. The lowest BCUT2D eigenvalue weighted by Gasteiger charge is -2.30. The molecule has 136 valence electrons. The van der Waals surface area contributed by atoms with Crippen LogP contribution < -0.4 is 0 Å². The Morgan fingerprint density at radius 1 is 1.23 bits per heavy atom. The van der Waals surface area contributed by atoms with E-state index in [2.05, 4.69) is 0 Å². The normalized spacial score (nSPS) is 32.8. The lowest BCUT2D eigenvalue weighted by atomic mass is 9.69. The molecule has 0 saturated carbocycles. The van der Waals surface area contributed by atoms with E-state index >= 15 is 0 Å². The highest BCUT2D eigenvalue weighted by Crippen LogP contribution is 2.47. The van der Waals surface area contributed by atoms with E-state index in [0.717, 1.165) is 11.1 Å². The van der Waals surface area contributed by atoms with E-state index < -0.39 is 17.5 Å². The lowest BCUT2D eigenvalue weighted by Crippen LogP contribution is -2.39. The van der Waals surface area contributed by atoms with Crippen molar-refractivity contribution in [2.45, 2.75) is 51.7 Å². The standard InChI is InChI=1S/C20H20O6/c1-11(13-9-15(25-18(13)22)12-6-7-24-10-12)8-17-20(2)14(19(23)26-17)4-3-5-16(20)21/h4,6-7,10,15,17H,3,5,8-9H2,1-2H3/b13-11-/t15-,17-,20+/m1/s1. The maximum Gasteiger partial charge on any atom is 0.335 e. The second-order valence-corrected chi connectivity index (χ2v) is 7.29. The summed E-state index contributed by atoms with van der Waals surface area (Å²) in [5, 5.41) is 0. The van der Waals surface area contributed by atoms with Crippen LogP contribution in [0.3, 0.4) is 0 Å². The third-order valence-electron chi connectivity index (χ3n) is 5.78. The van der Waals surface area contributed by atoms with Gasteiger partial charge in [-0.3, -0.25) is 4.79 Å². The number of furan rings is 1.